The van der Waals surface area contributed by atoms with Crippen LogP contribution in [0.1, 0.15) is 12.8 Å². The summed E-state index contributed by atoms with van der Waals surface area (Å²) in [6, 6.07) is 0.639. The number of rotatable bonds is 1. The summed E-state index contributed by atoms with van der Waals surface area (Å²) in [6.45, 7) is 2.27. The lowest BCUT2D eigenvalue weighted by atomic mass is 10.1. The summed E-state index contributed by atoms with van der Waals surface area (Å²) in [7, 11) is 0. The highest BCUT2D eigenvalue weighted by atomic mass is 32.1. The molecule has 1 saturated heterocycles. The van der Waals surface area contributed by atoms with Gasteiger partial charge in [-0.2, -0.15) is 0 Å². The first-order chi connectivity index (χ1) is 3.93. The van der Waals surface area contributed by atoms with Gasteiger partial charge in [-0.15, -0.1) is 0 Å². The van der Waals surface area contributed by atoms with Gasteiger partial charge in [0.25, 0.3) is 0 Å². The molecule has 2 N–H and O–H groups in total. The van der Waals surface area contributed by atoms with Gasteiger partial charge in [-0.3, -0.25) is 4.72 Å². The third kappa shape index (κ3) is 1.65. The topological polar surface area (TPSA) is 24.1 Å². The van der Waals surface area contributed by atoms with Gasteiger partial charge in [0.05, 0.1) is 0 Å². The van der Waals surface area contributed by atoms with Crippen LogP contribution >= 0.6 is 12.8 Å². The van der Waals surface area contributed by atoms with Gasteiger partial charge in [0.1, 0.15) is 0 Å². The maximum atomic E-state index is 3.99. The Balaban J connectivity index is 2.13. The Morgan fingerprint density at radius 1 is 1.38 bits per heavy atom. The van der Waals surface area contributed by atoms with Crippen molar-refractivity contribution in [2.75, 3.05) is 13.1 Å². The van der Waals surface area contributed by atoms with E-state index in [2.05, 4.69) is 22.9 Å². The molecule has 1 aliphatic heterocycles. The highest BCUT2D eigenvalue weighted by Gasteiger charge is 2.09. The second kappa shape index (κ2) is 3.33. The molecule has 0 aromatic rings. The smallest absolute Gasteiger partial charge is 0.0193 e. The van der Waals surface area contributed by atoms with Crippen molar-refractivity contribution in [1.82, 2.24) is 10.0 Å². The molecule has 0 bridgehead atoms. The van der Waals surface area contributed by atoms with Crippen molar-refractivity contribution in [1.29, 1.82) is 0 Å². The Morgan fingerprint density at radius 3 is 2.38 bits per heavy atom. The normalized spacial score (nSPS) is 23.6. The van der Waals surface area contributed by atoms with Crippen LogP contribution < -0.4 is 10.0 Å². The van der Waals surface area contributed by atoms with Crippen molar-refractivity contribution in [2.24, 2.45) is 0 Å². The molecule has 1 rings (SSSR count). The van der Waals surface area contributed by atoms with E-state index in [-0.39, 0.29) is 0 Å². The van der Waals surface area contributed by atoms with Crippen LogP contribution in [0.15, 0.2) is 0 Å². The van der Waals surface area contributed by atoms with Crippen LogP contribution in [0.25, 0.3) is 0 Å². The lowest BCUT2D eigenvalue weighted by Crippen LogP contribution is -2.36. The lowest BCUT2D eigenvalue weighted by Gasteiger charge is -2.20. The Morgan fingerprint density at radius 2 is 2.00 bits per heavy atom. The van der Waals surface area contributed by atoms with Crippen molar-refractivity contribution < 1.29 is 0 Å². The highest BCUT2D eigenvalue weighted by molar-refractivity contribution is 7.78. The first kappa shape index (κ1) is 6.39. The van der Waals surface area contributed by atoms with Gasteiger partial charge in [-0.1, -0.05) is 12.8 Å². The van der Waals surface area contributed by atoms with Crippen molar-refractivity contribution in [3.8, 4) is 0 Å². The maximum Gasteiger partial charge on any atom is 0.0193 e. The van der Waals surface area contributed by atoms with Gasteiger partial charge in [0.15, 0.2) is 0 Å². The van der Waals surface area contributed by atoms with Gasteiger partial charge < -0.3 is 5.32 Å². The third-order valence-corrected chi connectivity index (χ3v) is 1.89. The fourth-order valence-corrected chi connectivity index (χ4v) is 1.21. The minimum atomic E-state index is 0.639. The van der Waals surface area contributed by atoms with Crippen LogP contribution in [0, 0.1) is 0 Å². The number of hydrogen-bond acceptors (Lipinski definition) is 3. The number of piperidine rings is 1. The lowest BCUT2D eigenvalue weighted by molar-refractivity contribution is 0.440. The van der Waals surface area contributed by atoms with E-state index >= 15 is 0 Å². The number of nitrogens with one attached hydrogen (secondary N) is 2. The minimum absolute atomic E-state index is 0.639. The van der Waals surface area contributed by atoms with E-state index in [9.17, 15) is 0 Å². The molecule has 0 aromatic heterocycles. The largest absolute Gasteiger partial charge is 0.317 e. The predicted molar refractivity (Wildman–Crippen MR) is 38.0 cm³/mol. The standard InChI is InChI=1S/C5H12N2S/c8-7-5-1-3-6-4-2-5/h5-8H,1-4H2. The first-order valence-electron chi connectivity index (χ1n) is 3.04. The second-order valence-corrected chi connectivity index (χ2v) is 2.41. The van der Waals surface area contributed by atoms with Crippen LogP contribution in [0.3, 0.4) is 0 Å². The van der Waals surface area contributed by atoms with Crippen molar-refractivity contribution >= 4 is 12.8 Å². The maximum absolute atomic E-state index is 3.99. The molecule has 0 unspecified atom stereocenters. The summed E-state index contributed by atoms with van der Waals surface area (Å²) in [5.74, 6) is 0. The molecule has 0 amide bonds. The SMILES string of the molecule is SNC1CCNCC1. The Bertz CT molecular complexity index is 61.4. The minimum Gasteiger partial charge on any atom is -0.317 e. The highest BCUT2D eigenvalue weighted by Crippen LogP contribution is 2.01. The van der Waals surface area contributed by atoms with E-state index in [0.29, 0.717) is 6.04 Å². The van der Waals surface area contributed by atoms with E-state index < -0.39 is 0 Å². The summed E-state index contributed by atoms with van der Waals surface area (Å²) in [4.78, 5) is 0. The Labute approximate surface area is 55.6 Å². The summed E-state index contributed by atoms with van der Waals surface area (Å²) >= 11 is 3.99. The molecule has 48 valence electrons. The van der Waals surface area contributed by atoms with E-state index in [1.54, 1.807) is 0 Å². The zero-order valence-corrected chi connectivity index (χ0v) is 5.75. The van der Waals surface area contributed by atoms with Crippen LogP contribution in [0.4, 0.5) is 0 Å². The summed E-state index contributed by atoms with van der Waals surface area (Å²) in [5, 5.41) is 3.28. The molecule has 2 nitrogen and oxygen atoms in total. The van der Waals surface area contributed by atoms with Crippen LogP contribution in [-0.4, -0.2) is 19.1 Å². The quantitative estimate of drug-likeness (QED) is 0.443. The van der Waals surface area contributed by atoms with Crippen LogP contribution in [0.2, 0.25) is 0 Å². The molecule has 0 atom stereocenters. The Kier molecular flexibility index (Phi) is 2.66. The molecule has 1 fully saturated rings. The van der Waals surface area contributed by atoms with Crippen LogP contribution in [0.5, 0.6) is 0 Å². The predicted octanol–water partition coefficient (Wildman–Crippen LogP) is 0.173. The van der Waals surface area contributed by atoms with E-state index in [0.717, 1.165) is 13.1 Å². The monoisotopic (exact) mass is 132 g/mol. The summed E-state index contributed by atoms with van der Waals surface area (Å²) < 4.78 is 2.96. The molecular formula is C5H12N2S. The van der Waals surface area contributed by atoms with Crippen molar-refractivity contribution in [2.45, 2.75) is 18.9 Å². The van der Waals surface area contributed by atoms with Gasteiger partial charge >= 0.3 is 0 Å². The zero-order chi connectivity index (χ0) is 5.82. The average Bonchev–Trinajstić information content (AvgIpc) is 1.90. The first-order valence-corrected chi connectivity index (χ1v) is 3.48. The van der Waals surface area contributed by atoms with Crippen molar-refractivity contribution in [3.05, 3.63) is 0 Å². The summed E-state index contributed by atoms with van der Waals surface area (Å²) in [6.07, 6.45) is 2.42. The summed E-state index contributed by atoms with van der Waals surface area (Å²) in [5.41, 5.74) is 0. The van der Waals surface area contributed by atoms with Crippen molar-refractivity contribution in [3.63, 3.8) is 0 Å². The molecule has 3 heteroatoms. The third-order valence-electron chi connectivity index (χ3n) is 1.52. The van der Waals surface area contributed by atoms with E-state index in [1.807, 2.05) is 0 Å². The molecule has 0 spiro atoms. The van der Waals surface area contributed by atoms with Gasteiger partial charge in [0.2, 0.25) is 0 Å². The molecule has 8 heavy (non-hydrogen) atoms. The van der Waals surface area contributed by atoms with Gasteiger partial charge in [0, 0.05) is 6.04 Å². The van der Waals surface area contributed by atoms with E-state index in [1.165, 1.54) is 12.8 Å². The molecule has 0 radical (unpaired) electrons. The zero-order valence-electron chi connectivity index (χ0n) is 4.85. The van der Waals surface area contributed by atoms with Gasteiger partial charge in [-0.25, -0.2) is 0 Å². The number of thiol groups is 1. The Hall–Kier alpha value is 0.270. The second-order valence-electron chi connectivity index (χ2n) is 2.15. The number of hydrogen-bond donors (Lipinski definition) is 3. The van der Waals surface area contributed by atoms with Gasteiger partial charge in [-0.05, 0) is 25.9 Å². The molecule has 1 aliphatic rings. The fourth-order valence-electron chi connectivity index (χ4n) is 0.951. The molecular weight excluding hydrogens is 120 g/mol. The molecule has 0 aromatic carbocycles. The molecule has 0 aliphatic carbocycles. The molecule has 0 saturated carbocycles. The van der Waals surface area contributed by atoms with Crippen LogP contribution in [-0.2, 0) is 0 Å². The molecule has 1 heterocycles. The fraction of sp³-hybridized carbons (Fsp3) is 1.00. The van der Waals surface area contributed by atoms with E-state index in [4.69, 9.17) is 0 Å². The average molecular weight is 132 g/mol.